The number of amides is 1. The third kappa shape index (κ3) is 1.47. The number of ether oxygens (including phenoxy) is 1. The van der Waals surface area contributed by atoms with Gasteiger partial charge in [0.2, 0.25) is 0 Å². The smallest absolute Gasteiger partial charge is 0.409 e. The highest BCUT2D eigenvalue weighted by molar-refractivity contribution is 5.68. The van der Waals surface area contributed by atoms with Crippen LogP contribution in [0.4, 0.5) is 4.79 Å². The molecule has 0 radical (unpaired) electrons. The number of methoxy groups -OCH3 is 1. The lowest BCUT2D eigenvalue weighted by Crippen LogP contribution is -2.53. The summed E-state index contributed by atoms with van der Waals surface area (Å²) < 4.78 is 4.62. The average Bonchev–Trinajstić information content (AvgIpc) is 1.83. The highest BCUT2D eigenvalue weighted by atomic mass is 16.5. The molecule has 1 saturated heterocycles. The fourth-order valence-corrected chi connectivity index (χ4v) is 1.44. The van der Waals surface area contributed by atoms with Crippen LogP contribution in [0.25, 0.3) is 0 Å². The molecule has 0 aromatic rings. The maximum atomic E-state index is 11.0. The van der Waals surface area contributed by atoms with Crippen molar-refractivity contribution in [3.05, 3.63) is 0 Å². The number of hydrogen-bond acceptors (Lipinski definition) is 2. The minimum absolute atomic E-state index is 0.185. The Balaban J connectivity index is 2.43. The summed E-state index contributed by atoms with van der Waals surface area (Å²) in [6, 6.07) is 0.405. The lowest BCUT2D eigenvalue weighted by molar-refractivity contribution is 0.0423. The van der Waals surface area contributed by atoms with Crippen LogP contribution in [0.1, 0.15) is 20.3 Å². The van der Waals surface area contributed by atoms with Gasteiger partial charge in [0.25, 0.3) is 0 Å². The molecule has 0 aliphatic carbocycles. The van der Waals surface area contributed by atoms with Crippen molar-refractivity contribution in [2.24, 2.45) is 5.92 Å². The second-order valence-corrected chi connectivity index (χ2v) is 3.26. The summed E-state index contributed by atoms with van der Waals surface area (Å²) in [6.07, 6.45) is 0.933. The zero-order valence-corrected chi connectivity index (χ0v) is 7.33. The monoisotopic (exact) mass is 157 g/mol. The third-order valence-electron chi connectivity index (χ3n) is 2.24. The normalized spacial score (nSPS) is 23.3. The van der Waals surface area contributed by atoms with Crippen molar-refractivity contribution in [1.82, 2.24) is 4.90 Å². The van der Waals surface area contributed by atoms with Crippen molar-refractivity contribution in [2.45, 2.75) is 26.3 Å². The van der Waals surface area contributed by atoms with Gasteiger partial charge in [0.1, 0.15) is 0 Å². The Hall–Kier alpha value is -0.730. The Morgan fingerprint density at radius 3 is 2.55 bits per heavy atom. The molecule has 0 N–H and O–H groups in total. The predicted molar refractivity (Wildman–Crippen MR) is 42.4 cm³/mol. The van der Waals surface area contributed by atoms with Crippen LogP contribution in [0.3, 0.4) is 0 Å². The SMILES string of the molecule is COC(=O)N1CCC1C(C)C. The van der Waals surface area contributed by atoms with Crippen molar-refractivity contribution in [1.29, 1.82) is 0 Å². The Kier molecular flexibility index (Phi) is 2.37. The van der Waals surface area contributed by atoms with E-state index in [0.717, 1.165) is 13.0 Å². The Labute approximate surface area is 67.3 Å². The van der Waals surface area contributed by atoms with Gasteiger partial charge in [-0.1, -0.05) is 13.8 Å². The summed E-state index contributed by atoms with van der Waals surface area (Å²) in [6.45, 7) is 5.11. The van der Waals surface area contributed by atoms with Crippen LogP contribution < -0.4 is 0 Å². The quantitative estimate of drug-likeness (QED) is 0.577. The van der Waals surface area contributed by atoms with Crippen molar-refractivity contribution < 1.29 is 9.53 Å². The first-order valence-corrected chi connectivity index (χ1v) is 4.01. The van der Waals surface area contributed by atoms with Crippen molar-refractivity contribution in [2.75, 3.05) is 13.7 Å². The lowest BCUT2D eigenvalue weighted by atomic mass is 9.93. The van der Waals surface area contributed by atoms with Crippen molar-refractivity contribution >= 4 is 6.09 Å². The van der Waals surface area contributed by atoms with Crippen LogP contribution in [0.5, 0.6) is 0 Å². The molecule has 1 atom stereocenters. The number of carbonyl (C=O) groups excluding carboxylic acids is 1. The van der Waals surface area contributed by atoms with Gasteiger partial charge in [0.05, 0.1) is 7.11 Å². The number of nitrogens with zero attached hydrogens (tertiary/aromatic N) is 1. The van der Waals surface area contributed by atoms with Gasteiger partial charge < -0.3 is 9.64 Å². The Morgan fingerprint density at radius 1 is 1.64 bits per heavy atom. The molecule has 1 fully saturated rings. The van der Waals surface area contributed by atoms with Crippen molar-refractivity contribution in [3.63, 3.8) is 0 Å². The summed E-state index contributed by atoms with van der Waals surface area (Å²) >= 11 is 0. The van der Waals surface area contributed by atoms with Gasteiger partial charge in [-0.05, 0) is 12.3 Å². The molecule has 1 rings (SSSR count). The van der Waals surface area contributed by atoms with E-state index in [1.54, 1.807) is 4.90 Å². The molecule has 1 aliphatic heterocycles. The summed E-state index contributed by atoms with van der Waals surface area (Å²) in [5, 5.41) is 0. The second-order valence-electron chi connectivity index (χ2n) is 3.26. The van der Waals surface area contributed by atoms with E-state index >= 15 is 0 Å². The van der Waals surface area contributed by atoms with Gasteiger partial charge in [0.15, 0.2) is 0 Å². The molecule has 64 valence electrons. The molecule has 3 heteroatoms. The Bertz CT molecular complexity index is 156. The largest absolute Gasteiger partial charge is 0.453 e. The number of hydrogen-bond donors (Lipinski definition) is 0. The van der Waals surface area contributed by atoms with E-state index in [2.05, 4.69) is 18.6 Å². The number of carbonyl (C=O) groups is 1. The standard InChI is InChI=1S/C8H15NO2/c1-6(2)7-4-5-9(7)8(10)11-3/h6-7H,4-5H2,1-3H3. The molecule has 11 heavy (non-hydrogen) atoms. The first-order chi connectivity index (χ1) is 5.16. The molecule has 0 bridgehead atoms. The van der Waals surface area contributed by atoms with Crippen LogP contribution in [-0.4, -0.2) is 30.7 Å². The number of rotatable bonds is 1. The third-order valence-corrected chi connectivity index (χ3v) is 2.24. The molecule has 1 aliphatic rings. The lowest BCUT2D eigenvalue weighted by Gasteiger charge is -2.42. The molecular weight excluding hydrogens is 142 g/mol. The molecule has 0 saturated carbocycles. The Morgan fingerprint density at radius 2 is 2.27 bits per heavy atom. The second kappa shape index (κ2) is 3.11. The van der Waals surface area contributed by atoms with Crippen molar-refractivity contribution in [3.8, 4) is 0 Å². The molecule has 1 unspecified atom stereocenters. The van der Waals surface area contributed by atoms with E-state index in [9.17, 15) is 4.79 Å². The van der Waals surface area contributed by atoms with Gasteiger partial charge in [-0.25, -0.2) is 4.79 Å². The van der Waals surface area contributed by atoms with Crippen LogP contribution in [0.2, 0.25) is 0 Å². The fraction of sp³-hybridized carbons (Fsp3) is 0.875. The predicted octanol–water partition coefficient (Wildman–Crippen LogP) is 1.48. The molecule has 1 amide bonds. The van der Waals surface area contributed by atoms with Crippen LogP contribution in [0, 0.1) is 5.92 Å². The van der Waals surface area contributed by atoms with Gasteiger partial charge in [0, 0.05) is 12.6 Å². The first-order valence-electron chi connectivity index (χ1n) is 4.01. The van der Waals surface area contributed by atoms with Gasteiger partial charge in [-0.2, -0.15) is 0 Å². The number of likely N-dealkylation sites (tertiary alicyclic amines) is 1. The zero-order chi connectivity index (χ0) is 8.43. The summed E-state index contributed by atoms with van der Waals surface area (Å²) in [5.74, 6) is 0.544. The summed E-state index contributed by atoms with van der Waals surface area (Å²) in [4.78, 5) is 12.8. The van der Waals surface area contributed by atoms with E-state index in [1.807, 2.05) is 0 Å². The van der Waals surface area contributed by atoms with E-state index in [4.69, 9.17) is 0 Å². The molecule has 0 spiro atoms. The minimum Gasteiger partial charge on any atom is -0.453 e. The molecule has 1 heterocycles. The first kappa shape index (κ1) is 8.37. The molecule has 0 aromatic carbocycles. The van der Waals surface area contributed by atoms with Crippen LogP contribution in [-0.2, 0) is 4.74 Å². The average molecular weight is 157 g/mol. The zero-order valence-electron chi connectivity index (χ0n) is 7.33. The van der Waals surface area contributed by atoms with Crippen LogP contribution in [0.15, 0.2) is 0 Å². The van der Waals surface area contributed by atoms with E-state index < -0.39 is 0 Å². The maximum absolute atomic E-state index is 11.0. The molecule has 0 aromatic heterocycles. The topological polar surface area (TPSA) is 29.5 Å². The fourth-order valence-electron chi connectivity index (χ4n) is 1.44. The van der Waals surface area contributed by atoms with E-state index in [0.29, 0.717) is 12.0 Å². The summed E-state index contributed by atoms with van der Waals surface area (Å²) in [7, 11) is 1.43. The van der Waals surface area contributed by atoms with E-state index in [1.165, 1.54) is 7.11 Å². The molecule has 3 nitrogen and oxygen atoms in total. The van der Waals surface area contributed by atoms with Gasteiger partial charge in [-0.15, -0.1) is 0 Å². The highest BCUT2D eigenvalue weighted by Crippen LogP contribution is 2.24. The van der Waals surface area contributed by atoms with E-state index in [-0.39, 0.29) is 6.09 Å². The maximum Gasteiger partial charge on any atom is 0.409 e. The van der Waals surface area contributed by atoms with Crippen LogP contribution >= 0.6 is 0 Å². The van der Waals surface area contributed by atoms with Gasteiger partial charge in [-0.3, -0.25) is 0 Å². The highest BCUT2D eigenvalue weighted by Gasteiger charge is 2.34. The minimum atomic E-state index is -0.185. The molecular formula is C8H15NO2. The summed E-state index contributed by atoms with van der Waals surface area (Å²) in [5.41, 5.74) is 0. The van der Waals surface area contributed by atoms with Gasteiger partial charge >= 0.3 is 6.09 Å².